The molecule has 0 spiro atoms. The summed E-state index contributed by atoms with van der Waals surface area (Å²) < 4.78 is 7.81. The smallest absolute Gasteiger partial charge is 0.335 e. The molecule has 194 valence electrons. The summed E-state index contributed by atoms with van der Waals surface area (Å²) in [5.41, 5.74) is 0.977. The summed E-state index contributed by atoms with van der Waals surface area (Å²) >= 11 is 3.38. The van der Waals surface area contributed by atoms with E-state index in [1.54, 1.807) is 24.3 Å². The zero-order valence-corrected chi connectivity index (χ0v) is 22.1. The predicted molar refractivity (Wildman–Crippen MR) is 146 cm³/mol. The Hall–Kier alpha value is -4.38. The van der Waals surface area contributed by atoms with Gasteiger partial charge in [0.15, 0.2) is 0 Å². The third-order valence-electron chi connectivity index (χ3n) is 5.97. The molecule has 0 saturated heterocycles. The van der Waals surface area contributed by atoms with Crippen molar-refractivity contribution in [1.82, 2.24) is 9.66 Å². The van der Waals surface area contributed by atoms with E-state index in [0.29, 0.717) is 28.7 Å². The van der Waals surface area contributed by atoms with Crippen LogP contribution in [0.25, 0.3) is 10.9 Å². The Bertz CT molecular complexity index is 1630. The van der Waals surface area contributed by atoms with Crippen molar-refractivity contribution < 1.29 is 19.6 Å². The van der Waals surface area contributed by atoms with Crippen LogP contribution in [0.5, 0.6) is 5.75 Å². The largest absolute Gasteiger partial charge is 0.488 e. The number of ether oxygens (including phenoxy) is 1. The van der Waals surface area contributed by atoms with E-state index >= 15 is 0 Å². The first-order valence-electron chi connectivity index (χ1n) is 11.7. The molecule has 1 N–H and O–H groups in total. The highest BCUT2D eigenvalue weighted by atomic mass is 79.9. The van der Waals surface area contributed by atoms with Crippen molar-refractivity contribution in [3.05, 3.63) is 108 Å². The number of nitrogens with zero attached hydrogens (tertiary/aromatic N) is 4. The van der Waals surface area contributed by atoms with Gasteiger partial charge in [-0.05, 0) is 48.4 Å². The molecule has 10 nitrogen and oxygen atoms in total. The highest BCUT2D eigenvalue weighted by Gasteiger charge is 2.17. The molecule has 0 aliphatic rings. The lowest BCUT2D eigenvalue weighted by Crippen LogP contribution is -2.23. The Balaban J connectivity index is 1.77. The van der Waals surface area contributed by atoms with Gasteiger partial charge in [-0.15, -0.1) is 0 Å². The summed E-state index contributed by atoms with van der Waals surface area (Å²) in [5, 5.41) is 25.4. The van der Waals surface area contributed by atoms with Gasteiger partial charge in [-0.3, -0.25) is 14.9 Å². The van der Waals surface area contributed by atoms with E-state index < -0.39 is 10.9 Å². The molecule has 11 heteroatoms. The van der Waals surface area contributed by atoms with E-state index in [9.17, 15) is 24.8 Å². The van der Waals surface area contributed by atoms with E-state index in [0.717, 1.165) is 4.47 Å². The van der Waals surface area contributed by atoms with Gasteiger partial charge in [-0.1, -0.05) is 41.9 Å². The highest BCUT2D eigenvalue weighted by molar-refractivity contribution is 9.10. The number of aromatic carboxylic acids is 1. The normalized spacial score (nSPS) is 12.1. The van der Waals surface area contributed by atoms with Crippen molar-refractivity contribution >= 4 is 44.7 Å². The van der Waals surface area contributed by atoms with Crippen LogP contribution in [0.1, 0.15) is 53.5 Å². The molecular weight excluding hydrogens is 556 g/mol. The number of carboxylic acids is 1. The first-order valence-corrected chi connectivity index (χ1v) is 12.5. The standard InChI is InChI=1S/C27H23BrN4O6/c1-3-16(2)25-30-23-9-7-20(28)13-22(23)26(33)31(25)29-14-19-12-21(32(36)37)8-10-24(19)38-15-17-5-4-6-18(11-17)27(34)35/h4-14,16H,3,15H2,1-2H3,(H,34,35)/t16-/m0/s1. The number of non-ortho nitro benzene ring substituents is 1. The van der Waals surface area contributed by atoms with Gasteiger partial charge in [0.25, 0.3) is 11.2 Å². The average Bonchev–Trinajstić information content (AvgIpc) is 2.91. The third-order valence-corrected chi connectivity index (χ3v) is 6.46. The zero-order chi connectivity index (χ0) is 27.4. The Labute approximate surface area is 225 Å². The molecule has 4 rings (SSSR count). The number of nitro groups is 1. The first-order chi connectivity index (χ1) is 18.2. The van der Waals surface area contributed by atoms with Crippen LogP contribution < -0.4 is 10.3 Å². The van der Waals surface area contributed by atoms with Gasteiger partial charge in [0.2, 0.25) is 0 Å². The average molecular weight is 579 g/mol. The van der Waals surface area contributed by atoms with Crippen LogP contribution in [0, 0.1) is 10.1 Å². The van der Waals surface area contributed by atoms with Crippen LogP contribution in [0.3, 0.4) is 0 Å². The van der Waals surface area contributed by atoms with E-state index in [-0.39, 0.29) is 40.6 Å². The number of aromatic nitrogens is 2. The van der Waals surface area contributed by atoms with Gasteiger partial charge < -0.3 is 9.84 Å². The molecule has 0 saturated carbocycles. The van der Waals surface area contributed by atoms with Gasteiger partial charge >= 0.3 is 5.97 Å². The fourth-order valence-corrected chi connectivity index (χ4v) is 4.10. The molecule has 1 heterocycles. The maximum atomic E-state index is 13.4. The molecule has 0 fully saturated rings. The van der Waals surface area contributed by atoms with E-state index in [1.807, 2.05) is 19.9 Å². The molecule has 3 aromatic carbocycles. The number of carbonyl (C=O) groups is 1. The number of fused-ring (bicyclic) bond motifs is 1. The quantitative estimate of drug-likeness (QED) is 0.152. The van der Waals surface area contributed by atoms with Crippen molar-refractivity contribution in [2.24, 2.45) is 5.10 Å². The van der Waals surface area contributed by atoms with Gasteiger partial charge in [-0.2, -0.15) is 9.78 Å². The maximum Gasteiger partial charge on any atom is 0.335 e. The van der Waals surface area contributed by atoms with Crippen molar-refractivity contribution in [3.8, 4) is 5.75 Å². The number of halogens is 1. The van der Waals surface area contributed by atoms with Crippen LogP contribution in [0.2, 0.25) is 0 Å². The zero-order valence-electron chi connectivity index (χ0n) is 20.5. The number of nitro benzene ring substituents is 1. The fraction of sp³-hybridized carbons (Fsp3) is 0.185. The van der Waals surface area contributed by atoms with Gasteiger partial charge in [0.05, 0.1) is 27.6 Å². The van der Waals surface area contributed by atoms with Crippen LogP contribution in [-0.2, 0) is 6.61 Å². The summed E-state index contributed by atoms with van der Waals surface area (Å²) in [6.07, 6.45) is 2.04. The molecule has 4 aromatic rings. The molecule has 0 amide bonds. The summed E-state index contributed by atoms with van der Waals surface area (Å²) in [4.78, 5) is 40.2. The van der Waals surface area contributed by atoms with Gasteiger partial charge in [-0.25, -0.2) is 9.78 Å². The fourth-order valence-electron chi connectivity index (χ4n) is 3.74. The molecule has 0 radical (unpaired) electrons. The second-order valence-corrected chi connectivity index (χ2v) is 9.49. The molecule has 38 heavy (non-hydrogen) atoms. The number of hydrogen-bond acceptors (Lipinski definition) is 7. The van der Waals surface area contributed by atoms with E-state index in [4.69, 9.17) is 4.74 Å². The molecular formula is C27H23BrN4O6. The Kier molecular flexibility index (Phi) is 7.96. The molecule has 1 aromatic heterocycles. The van der Waals surface area contributed by atoms with Crippen molar-refractivity contribution in [3.63, 3.8) is 0 Å². The molecule has 0 unspecified atom stereocenters. The van der Waals surface area contributed by atoms with Crippen LogP contribution in [0.4, 0.5) is 5.69 Å². The third kappa shape index (κ3) is 5.78. The minimum atomic E-state index is -1.06. The van der Waals surface area contributed by atoms with Crippen molar-refractivity contribution in [2.45, 2.75) is 32.8 Å². The highest BCUT2D eigenvalue weighted by Crippen LogP contribution is 2.25. The SMILES string of the molecule is CC[C@H](C)c1nc2ccc(Br)cc2c(=O)n1N=Cc1cc([N+](=O)[O-])ccc1OCc1cccc(C(=O)O)c1. The predicted octanol–water partition coefficient (Wildman–Crippen LogP) is 5.74. The van der Waals surface area contributed by atoms with Crippen LogP contribution in [0.15, 0.2) is 75.0 Å². The maximum absolute atomic E-state index is 13.4. The van der Waals surface area contributed by atoms with Crippen LogP contribution >= 0.6 is 15.9 Å². The number of hydrogen-bond donors (Lipinski definition) is 1. The number of carboxylic acid groups (broad SMARTS) is 1. The monoisotopic (exact) mass is 578 g/mol. The van der Waals surface area contributed by atoms with E-state index in [1.165, 1.54) is 41.2 Å². The van der Waals surface area contributed by atoms with E-state index in [2.05, 4.69) is 26.0 Å². The Morgan fingerprint density at radius 2 is 2.03 bits per heavy atom. The lowest BCUT2D eigenvalue weighted by Gasteiger charge is -2.14. The summed E-state index contributed by atoms with van der Waals surface area (Å²) in [5.74, 6) is -0.416. The molecule has 0 aliphatic carbocycles. The molecule has 0 aliphatic heterocycles. The Morgan fingerprint density at radius 1 is 1.24 bits per heavy atom. The van der Waals surface area contributed by atoms with Crippen LogP contribution in [-0.4, -0.2) is 31.9 Å². The van der Waals surface area contributed by atoms with Gasteiger partial charge in [0, 0.05) is 28.1 Å². The van der Waals surface area contributed by atoms with Crippen molar-refractivity contribution in [1.29, 1.82) is 0 Å². The summed E-state index contributed by atoms with van der Waals surface area (Å²) in [7, 11) is 0. The number of benzene rings is 3. The minimum Gasteiger partial charge on any atom is -0.488 e. The Morgan fingerprint density at radius 3 is 2.74 bits per heavy atom. The topological polar surface area (TPSA) is 137 Å². The molecule has 1 atom stereocenters. The van der Waals surface area contributed by atoms with Crippen molar-refractivity contribution in [2.75, 3.05) is 0 Å². The second kappa shape index (κ2) is 11.3. The second-order valence-electron chi connectivity index (χ2n) is 8.58. The lowest BCUT2D eigenvalue weighted by molar-refractivity contribution is -0.384. The first kappa shape index (κ1) is 26.7. The lowest BCUT2D eigenvalue weighted by atomic mass is 10.1. The summed E-state index contributed by atoms with van der Waals surface area (Å²) in [6.45, 7) is 3.93. The minimum absolute atomic E-state index is 0.0173. The summed E-state index contributed by atoms with van der Waals surface area (Å²) in [6, 6.07) is 15.5. The molecule has 0 bridgehead atoms. The van der Waals surface area contributed by atoms with Gasteiger partial charge in [0.1, 0.15) is 18.2 Å². The number of rotatable bonds is 9.